The van der Waals surface area contributed by atoms with Crippen LogP contribution in [0, 0.1) is 0 Å². The molecule has 1 atom stereocenters. The lowest BCUT2D eigenvalue weighted by Crippen LogP contribution is -2.41. The molecule has 0 bridgehead atoms. The summed E-state index contributed by atoms with van der Waals surface area (Å²) in [5, 5.41) is 4.43. The van der Waals surface area contributed by atoms with Crippen LogP contribution in [0.2, 0.25) is 0 Å². The molecule has 1 amide bonds. The van der Waals surface area contributed by atoms with Crippen LogP contribution in [0.5, 0.6) is 0 Å². The first-order valence-corrected chi connectivity index (χ1v) is 9.40. The Balaban J connectivity index is 1.52. The van der Waals surface area contributed by atoms with Crippen LogP contribution in [0.1, 0.15) is 31.5 Å². The maximum absolute atomic E-state index is 12.9. The lowest BCUT2D eigenvalue weighted by atomic mass is 9.97. The number of aromatic nitrogens is 5. The minimum absolute atomic E-state index is 0.0733. The van der Waals surface area contributed by atoms with Crippen molar-refractivity contribution < 1.29 is 4.79 Å². The monoisotopic (exact) mass is 368 g/mol. The number of benzene rings is 1. The van der Waals surface area contributed by atoms with Gasteiger partial charge >= 0.3 is 5.69 Å². The number of imidazole rings is 1. The van der Waals surface area contributed by atoms with Gasteiger partial charge in [-0.1, -0.05) is 12.1 Å². The molecule has 142 valence electrons. The predicted octanol–water partition coefficient (Wildman–Crippen LogP) is 1.36. The molecule has 27 heavy (non-hydrogen) atoms. The zero-order chi connectivity index (χ0) is 19.0. The van der Waals surface area contributed by atoms with E-state index in [9.17, 15) is 9.59 Å². The Labute approximate surface area is 157 Å². The molecule has 1 aliphatic heterocycles. The number of carbonyl (C=O) groups excluding carboxylic acids is 1. The second-order valence-electron chi connectivity index (χ2n) is 7.05. The van der Waals surface area contributed by atoms with E-state index in [1.807, 2.05) is 40.7 Å². The zero-order valence-corrected chi connectivity index (χ0v) is 15.7. The minimum atomic E-state index is -0.0964. The molecule has 1 aromatic carbocycles. The van der Waals surface area contributed by atoms with Gasteiger partial charge in [0.05, 0.1) is 17.4 Å². The van der Waals surface area contributed by atoms with Gasteiger partial charge in [0.15, 0.2) is 0 Å². The Kier molecular flexibility index (Phi) is 4.55. The summed E-state index contributed by atoms with van der Waals surface area (Å²) in [4.78, 5) is 31.3. The molecule has 1 fully saturated rings. The normalized spacial score (nSPS) is 17.6. The Morgan fingerprint density at radius 3 is 2.93 bits per heavy atom. The summed E-state index contributed by atoms with van der Waals surface area (Å²) in [5.74, 6) is 0.954. The number of likely N-dealkylation sites (tertiary alicyclic amines) is 1. The second-order valence-corrected chi connectivity index (χ2v) is 7.05. The zero-order valence-electron chi connectivity index (χ0n) is 15.7. The number of hydrogen-bond acceptors (Lipinski definition) is 4. The van der Waals surface area contributed by atoms with E-state index in [-0.39, 0.29) is 24.1 Å². The third-order valence-electron chi connectivity index (χ3n) is 5.33. The highest BCUT2D eigenvalue weighted by atomic mass is 16.2. The molecule has 0 N–H and O–H groups in total. The fourth-order valence-corrected chi connectivity index (χ4v) is 3.92. The number of piperidine rings is 1. The van der Waals surface area contributed by atoms with Crippen molar-refractivity contribution in [3.63, 3.8) is 0 Å². The second kappa shape index (κ2) is 7.02. The smallest absolute Gasteiger partial charge is 0.340 e. The number of amides is 1. The van der Waals surface area contributed by atoms with Crippen molar-refractivity contribution in [2.75, 3.05) is 13.1 Å². The Bertz CT molecular complexity index is 1030. The van der Waals surface area contributed by atoms with Crippen LogP contribution in [-0.2, 0) is 24.9 Å². The molecule has 8 nitrogen and oxygen atoms in total. The van der Waals surface area contributed by atoms with Crippen molar-refractivity contribution in [1.29, 1.82) is 0 Å². The highest BCUT2D eigenvalue weighted by molar-refractivity contribution is 5.80. The fraction of sp³-hybridized carbons (Fsp3) is 0.474. The van der Waals surface area contributed by atoms with Crippen LogP contribution in [0.3, 0.4) is 0 Å². The molecule has 3 aromatic rings. The van der Waals surface area contributed by atoms with Gasteiger partial charge in [-0.05, 0) is 31.9 Å². The number of hydrogen-bond donors (Lipinski definition) is 0. The molecule has 0 radical (unpaired) electrons. The predicted molar refractivity (Wildman–Crippen MR) is 101 cm³/mol. The highest BCUT2D eigenvalue weighted by Gasteiger charge is 2.29. The molecule has 8 heteroatoms. The van der Waals surface area contributed by atoms with E-state index in [0.717, 1.165) is 36.2 Å². The quantitative estimate of drug-likeness (QED) is 0.697. The lowest BCUT2D eigenvalue weighted by molar-refractivity contribution is -0.133. The number of nitrogens with zero attached hydrogens (tertiary/aromatic N) is 6. The number of rotatable bonds is 4. The van der Waals surface area contributed by atoms with Gasteiger partial charge in [0.2, 0.25) is 5.91 Å². The molecule has 4 rings (SSSR count). The van der Waals surface area contributed by atoms with Crippen molar-refractivity contribution in [3.05, 3.63) is 46.9 Å². The van der Waals surface area contributed by atoms with Gasteiger partial charge in [0.25, 0.3) is 0 Å². The van der Waals surface area contributed by atoms with Crippen LogP contribution in [0.4, 0.5) is 0 Å². The Morgan fingerprint density at radius 1 is 1.30 bits per heavy atom. The average molecular weight is 368 g/mol. The summed E-state index contributed by atoms with van der Waals surface area (Å²) in [6, 6.07) is 7.81. The molecule has 0 unspecified atom stereocenters. The van der Waals surface area contributed by atoms with E-state index in [4.69, 9.17) is 0 Å². The topological polar surface area (TPSA) is 78.0 Å². The summed E-state index contributed by atoms with van der Waals surface area (Å²) in [6.45, 7) is 4.15. The van der Waals surface area contributed by atoms with Crippen LogP contribution < -0.4 is 5.69 Å². The van der Waals surface area contributed by atoms with E-state index >= 15 is 0 Å². The summed E-state index contributed by atoms with van der Waals surface area (Å²) in [7, 11) is 1.67. The molecular weight excluding hydrogens is 344 g/mol. The fourth-order valence-electron chi connectivity index (χ4n) is 3.92. The SMILES string of the molecule is CCn1c([C@H]2CCCN(C(=O)Cn3cnc4ccccc43)C2)nn(C)c1=O. The highest BCUT2D eigenvalue weighted by Crippen LogP contribution is 2.25. The van der Waals surface area contributed by atoms with Gasteiger partial charge in [-0.15, -0.1) is 0 Å². The standard InChI is InChI=1S/C19H24N6O2/c1-3-25-18(21-22(2)19(25)27)14-7-6-10-23(11-14)17(26)12-24-13-20-15-8-4-5-9-16(15)24/h4-5,8-9,13-14H,3,6-7,10-12H2,1-2H3/t14-/m0/s1. The molecule has 2 aromatic heterocycles. The Morgan fingerprint density at radius 2 is 2.11 bits per heavy atom. The van der Waals surface area contributed by atoms with E-state index in [0.29, 0.717) is 13.1 Å². The molecule has 1 aliphatic rings. The third kappa shape index (κ3) is 3.15. The van der Waals surface area contributed by atoms with Gasteiger partial charge in [0, 0.05) is 32.6 Å². The van der Waals surface area contributed by atoms with Crippen molar-refractivity contribution in [2.45, 2.75) is 38.8 Å². The first-order valence-electron chi connectivity index (χ1n) is 9.40. The van der Waals surface area contributed by atoms with Gasteiger partial charge in [-0.2, -0.15) is 5.10 Å². The van der Waals surface area contributed by atoms with Crippen LogP contribution in [0.15, 0.2) is 35.4 Å². The molecule has 0 aliphatic carbocycles. The van der Waals surface area contributed by atoms with Crippen LogP contribution >= 0.6 is 0 Å². The van der Waals surface area contributed by atoms with Crippen molar-refractivity contribution in [2.24, 2.45) is 7.05 Å². The van der Waals surface area contributed by atoms with Gasteiger partial charge in [-0.25, -0.2) is 14.5 Å². The third-order valence-corrected chi connectivity index (χ3v) is 5.33. The number of fused-ring (bicyclic) bond motifs is 1. The summed E-state index contributed by atoms with van der Waals surface area (Å²) < 4.78 is 4.99. The number of carbonyl (C=O) groups is 1. The van der Waals surface area contributed by atoms with Crippen LogP contribution in [-0.4, -0.2) is 47.8 Å². The maximum Gasteiger partial charge on any atom is 0.345 e. The van der Waals surface area contributed by atoms with Crippen LogP contribution in [0.25, 0.3) is 11.0 Å². The maximum atomic E-state index is 12.9. The van der Waals surface area contributed by atoms with Crippen molar-refractivity contribution in [3.8, 4) is 0 Å². The van der Waals surface area contributed by atoms with E-state index in [1.54, 1.807) is 17.9 Å². The van der Waals surface area contributed by atoms with Crippen molar-refractivity contribution >= 4 is 16.9 Å². The Hall–Kier alpha value is -2.90. The average Bonchev–Trinajstić information content (AvgIpc) is 3.23. The molecular formula is C19H24N6O2. The molecule has 0 saturated carbocycles. The summed E-state index contributed by atoms with van der Waals surface area (Å²) in [5.41, 5.74) is 1.76. The van der Waals surface area contributed by atoms with E-state index in [1.165, 1.54) is 4.68 Å². The minimum Gasteiger partial charge on any atom is -0.340 e. The van der Waals surface area contributed by atoms with Crippen molar-refractivity contribution in [1.82, 2.24) is 28.8 Å². The van der Waals surface area contributed by atoms with Gasteiger partial charge < -0.3 is 9.47 Å². The number of aryl methyl sites for hydroxylation is 1. The summed E-state index contributed by atoms with van der Waals surface area (Å²) in [6.07, 6.45) is 3.57. The molecule has 3 heterocycles. The number of para-hydroxylation sites is 2. The molecule has 0 spiro atoms. The largest absolute Gasteiger partial charge is 0.345 e. The molecule has 1 saturated heterocycles. The van der Waals surface area contributed by atoms with E-state index < -0.39 is 0 Å². The lowest BCUT2D eigenvalue weighted by Gasteiger charge is -2.32. The van der Waals surface area contributed by atoms with Gasteiger partial charge in [0.1, 0.15) is 12.4 Å². The van der Waals surface area contributed by atoms with Gasteiger partial charge in [-0.3, -0.25) is 9.36 Å². The van der Waals surface area contributed by atoms with E-state index in [2.05, 4.69) is 10.1 Å². The summed E-state index contributed by atoms with van der Waals surface area (Å²) >= 11 is 0. The first-order chi connectivity index (χ1) is 13.1. The first kappa shape index (κ1) is 17.5.